The van der Waals surface area contributed by atoms with Crippen LogP contribution in [0.3, 0.4) is 0 Å². The summed E-state index contributed by atoms with van der Waals surface area (Å²) in [4.78, 5) is 25.6. The maximum Gasteiger partial charge on any atom is 3.00 e. The first-order chi connectivity index (χ1) is 2.00. The summed E-state index contributed by atoms with van der Waals surface area (Å²) in [7, 11) is -5.39. The van der Waals surface area contributed by atoms with Gasteiger partial charge in [0.2, 0.25) is 0 Å². The summed E-state index contributed by atoms with van der Waals surface area (Å²) in [6.45, 7) is 0. The van der Waals surface area contributed by atoms with Crippen LogP contribution in [0.15, 0.2) is 0 Å². The van der Waals surface area contributed by atoms with Crippen LogP contribution in [-0.4, -0.2) is 48.9 Å². The SMILES string of the molecule is O=P([O-])([O-])[O-].[Ba+2].[Y+3]. The molecule has 0 spiro atoms. The Hall–Kier alpha value is 2.79. The molecule has 7 heteroatoms. The van der Waals surface area contributed by atoms with Crippen molar-refractivity contribution in [3.05, 3.63) is 0 Å². The van der Waals surface area contributed by atoms with Crippen molar-refractivity contribution in [3.63, 3.8) is 0 Å². The zero-order chi connectivity index (χ0) is 4.50. The fourth-order valence-corrected chi connectivity index (χ4v) is 0. The van der Waals surface area contributed by atoms with E-state index in [1.165, 1.54) is 0 Å². The number of hydrogen-bond acceptors (Lipinski definition) is 4. The van der Waals surface area contributed by atoms with Crippen LogP contribution < -0.4 is 14.7 Å². The summed E-state index contributed by atoms with van der Waals surface area (Å²) in [5, 5.41) is 0. The molecule has 0 aliphatic carbocycles. The molecule has 0 aliphatic rings. The van der Waals surface area contributed by atoms with Crippen molar-refractivity contribution < 1.29 is 52.0 Å². The Labute approximate surface area is 106 Å². The fourth-order valence-electron chi connectivity index (χ4n) is 0. The van der Waals surface area contributed by atoms with Gasteiger partial charge < -0.3 is 19.2 Å². The Morgan fingerprint density at radius 2 is 1.14 bits per heavy atom. The van der Waals surface area contributed by atoms with Crippen LogP contribution in [0.1, 0.15) is 0 Å². The summed E-state index contributed by atoms with van der Waals surface area (Å²) in [6, 6.07) is 0. The molecule has 0 unspecified atom stereocenters. The van der Waals surface area contributed by atoms with E-state index in [1.54, 1.807) is 0 Å². The second-order valence-corrected chi connectivity index (χ2v) is 1.34. The minimum atomic E-state index is -5.39. The van der Waals surface area contributed by atoms with E-state index >= 15 is 0 Å². The third-order valence-corrected chi connectivity index (χ3v) is 0. The molecular weight excluding hydrogens is 321 g/mol. The van der Waals surface area contributed by atoms with Crippen molar-refractivity contribution in [1.82, 2.24) is 0 Å². The molecule has 0 aromatic carbocycles. The monoisotopic (exact) mass is 322 g/mol. The van der Waals surface area contributed by atoms with Crippen molar-refractivity contribution in [2.75, 3.05) is 0 Å². The van der Waals surface area contributed by atoms with Crippen molar-refractivity contribution in [2.45, 2.75) is 0 Å². The van der Waals surface area contributed by atoms with E-state index in [1.807, 2.05) is 0 Å². The van der Waals surface area contributed by atoms with Crippen LogP contribution in [0.2, 0.25) is 0 Å². The van der Waals surface area contributed by atoms with Gasteiger partial charge in [-0.05, 0) is 0 Å². The average molecular weight is 321 g/mol. The largest absolute Gasteiger partial charge is 3.00 e. The van der Waals surface area contributed by atoms with E-state index in [9.17, 15) is 0 Å². The van der Waals surface area contributed by atoms with E-state index in [2.05, 4.69) is 0 Å². The second kappa shape index (κ2) is 6.90. The third-order valence-electron chi connectivity index (χ3n) is 0. The van der Waals surface area contributed by atoms with Gasteiger partial charge in [0.1, 0.15) is 0 Å². The Morgan fingerprint density at radius 3 is 1.14 bits per heavy atom. The van der Waals surface area contributed by atoms with Crippen LogP contribution in [0.4, 0.5) is 0 Å². The standard InChI is InChI=1S/Ba.H3O4P.Y/c;1-5(2,3)4;/h;(H3,1,2,3,4);/q+2;;+3/p-3. The minimum absolute atomic E-state index is 0. The van der Waals surface area contributed by atoms with Gasteiger partial charge in [0.25, 0.3) is 0 Å². The maximum atomic E-state index is 8.55. The molecule has 0 saturated carbocycles. The van der Waals surface area contributed by atoms with Crippen LogP contribution in [0, 0.1) is 0 Å². The molecule has 0 bridgehead atoms. The van der Waals surface area contributed by atoms with Gasteiger partial charge >= 0.3 is 81.6 Å². The van der Waals surface area contributed by atoms with Crippen molar-refractivity contribution >= 4 is 56.7 Å². The number of hydrogen-bond donors (Lipinski definition) is 0. The molecule has 7 heavy (non-hydrogen) atoms. The molecule has 4 nitrogen and oxygen atoms in total. The molecule has 0 heterocycles. The van der Waals surface area contributed by atoms with Crippen molar-refractivity contribution in [3.8, 4) is 0 Å². The van der Waals surface area contributed by atoms with E-state index in [-0.39, 0.29) is 81.6 Å². The molecule has 0 N–H and O–H groups in total. The predicted molar refractivity (Wildman–Crippen MR) is 13.4 cm³/mol. The van der Waals surface area contributed by atoms with Gasteiger partial charge in [0.05, 0.1) is 0 Å². The third kappa shape index (κ3) is 52.1. The van der Waals surface area contributed by atoms with Crippen LogP contribution in [0.25, 0.3) is 0 Å². The van der Waals surface area contributed by atoms with Gasteiger partial charge in [-0.3, -0.25) is 0 Å². The minimum Gasteiger partial charge on any atom is -0.822 e. The molecule has 0 amide bonds. The summed E-state index contributed by atoms with van der Waals surface area (Å²) < 4.78 is 8.55. The van der Waals surface area contributed by atoms with E-state index in [0.29, 0.717) is 0 Å². The van der Waals surface area contributed by atoms with Gasteiger partial charge in [-0.1, -0.05) is 0 Å². The summed E-state index contributed by atoms with van der Waals surface area (Å²) in [6.07, 6.45) is 0. The van der Waals surface area contributed by atoms with Gasteiger partial charge in [0.15, 0.2) is 0 Å². The Balaban J connectivity index is -0.0000000800. The zero-order valence-electron chi connectivity index (χ0n) is 3.36. The topological polar surface area (TPSA) is 86.2 Å². The molecule has 0 fully saturated rings. The van der Waals surface area contributed by atoms with E-state index in [4.69, 9.17) is 19.2 Å². The first-order valence-electron chi connectivity index (χ1n) is 0.730. The molecule has 0 radical (unpaired) electrons. The molecular formula is BaO4PY+2. The van der Waals surface area contributed by atoms with Gasteiger partial charge in [-0.25, -0.2) is 0 Å². The van der Waals surface area contributed by atoms with Gasteiger partial charge in [-0.15, -0.1) is 0 Å². The molecule has 0 atom stereocenters. The van der Waals surface area contributed by atoms with Gasteiger partial charge in [-0.2, -0.15) is 7.82 Å². The normalized spacial score (nSPS) is 8.43. The Morgan fingerprint density at radius 1 is 1.14 bits per heavy atom. The fraction of sp³-hybridized carbons (Fsp3) is 0. The first kappa shape index (κ1) is 16.4. The molecule has 0 aliphatic heterocycles. The Bertz CT molecular complexity index is 57.8. The van der Waals surface area contributed by atoms with Gasteiger partial charge in [0, 0.05) is 0 Å². The average Bonchev–Trinajstić information content (AvgIpc) is 0.722. The summed E-state index contributed by atoms with van der Waals surface area (Å²) in [5.41, 5.74) is 0. The number of rotatable bonds is 0. The quantitative estimate of drug-likeness (QED) is 0.347. The molecule has 0 aromatic rings. The van der Waals surface area contributed by atoms with E-state index in [0.717, 1.165) is 0 Å². The number of phosphoric acid groups is 1. The molecule has 0 rings (SSSR count). The summed E-state index contributed by atoms with van der Waals surface area (Å²) >= 11 is 0. The zero-order valence-corrected chi connectivity index (χ0v) is 11.5. The smallest absolute Gasteiger partial charge is 0.822 e. The molecule has 32 valence electrons. The van der Waals surface area contributed by atoms with Crippen LogP contribution in [0.5, 0.6) is 0 Å². The maximum absolute atomic E-state index is 8.55. The first-order valence-corrected chi connectivity index (χ1v) is 2.19. The van der Waals surface area contributed by atoms with Crippen LogP contribution >= 0.6 is 7.82 Å². The predicted octanol–water partition coefficient (Wildman–Crippen LogP) is -3.21. The summed E-state index contributed by atoms with van der Waals surface area (Å²) in [5.74, 6) is 0. The molecule has 0 aromatic heterocycles. The molecule has 0 saturated heterocycles. The Kier molecular flexibility index (Phi) is 16.2. The second-order valence-electron chi connectivity index (χ2n) is 0.447. The van der Waals surface area contributed by atoms with E-state index < -0.39 is 7.82 Å². The van der Waals surface area contributed by atoms with Crippen LogP contribution in [-0.2, 0) is 37.3 Å². The van der Waals surface area contributed by atoms with Crippen molar-refractivity contribution in [1.29, 1.82) is 0 Å². The van der Waals surface area contributed by atoms with Crippen molar-refractivity contribution in [2.24, 2.45) is 0 Å².